The number of carbonyl (C=O) groups excluding carboxylic acids is 3. The Bertz CT molecular complexity index is 7770. The Morgan fingerprint density at radius 3 is 0.936 bits per heavy atom. The van der Waals surface area contributed by atoms with Crippen molar-refractivity contribution >= 4 is 184 Å². The van der Waals surface area contributed by atoms with Crippen molar-refractivity contribution < 1.29 is 56.0 Å². The van der Waals surface area contributed by atoms with Crippen molar-refractivity contribution in [3.8, 4) is 86.3 Å². The maximum Gasteiger partial charge on any atom is 0.276 e. The zero-order valence-electron chi connectivity index (χ0n) is 77.6. The van der Waals surface area contributed by atoms with Crippen LogP contribution in [0.5, 0.6) is 17.2 Å². The molecule has 0 spiro atoms. The second-order valence-electron chi connectivity index (χ2n) is 35.9. The van der Waals surface area contributed by atoms with Crippen LogP contribution in [0.3, 0.4) is 0 Å². The number of amides is 3. The lowest BCUT2D eigenvalue weighted by Crippen LogP contribution is -2.58. The number of hydrogen-bond acceptors (Lipinski definition) is 21. The number of carbonyl (C=O) groups is 3. The molecule has 728 valence electrons. The molecule has 3 N–H and O–H groups in total. The van der Waals surface area contributed by atoms with E-state index in [4.69, 9.17) is 129 Å². The minimum atomic E-state index is -1.55. The first-order valence-electron chi connectivity index (χ1n) is 43.9. The molecule has 0 saturated carbocycles. The van der Waals surface area contributed by atoms with Crippen LogP contribution in [0.4, 0.5) is 43.4 Å². The number of hydrogen-bond donors (Lipinski definition) is 3. The smallest absolute Gasteiger partial charge is 0.276 e. The summed E-state index contributed by atoms with van der Waals surface area (Å²) in [5.41, 5.74) is -6.41. The summed E-state index contributed by atoms with van der Waals surface area (Å²) in [6.07, 6.45) is 8.13. The van der Waals surface area contributed by atoms with Gasteiger partial charge in [0.05, 0.1) is 127 Å². The number of nitriles is 3. The van der Waals surface area contributed by atoms with Crippen molar-refractivity contribution in [2.24, 2.45) is 0 Å². The largest absolute Gasteiger partial charge is 0.504 e. The SMILES string of the molecule is C=CC(=O)N1[C@H](C)CN(c2c(C#N)c(=O)n(-c3c(C)cc(/C=C\C(=O)N4[C@H](C)CN(c5c(C#N)c(=O)n(-c6c(C)cc(/C=C\C(=O)N7[C@H](C)CN(c8c(C#N)c(=O)n(-c9c(C)ccnc9C(C)C)c9nc(-c%10c(F)c(O)c(Cl)c(F)c%10Cl)c(Cl)cc89)C[C@@H]7C)nc6C(C)C)c6nc(-c7c(F)c(O)c(Cl)c(F)c7Cl)c(Cl)cc56)C[C@@H]4C)nc3C(C)C)c3nc(-c4c(F)c(O)c(Cl)c(F)c4Cl)c(Cl)cc23)C[C@@H]1C. The fraction of sp³-hybridized carbons (Fsp3) is 0.303. The van der Waals surface area contributed by atoms with Crippen molar-refractivity contribution in [2.75, 3.05) is 54.0 Å². The van der Waals surface area contributed by atoms with Gasteiger partial charge < -0.3 is 44.7 Å². The average Bonchev–Trinajstić information content (AvgIpc) is 0.725. The van der Waals surface area contributed by atoms with Crippen LogP contribution in [0.25, 0.3) is 96.1 Å². The van der Waals surface area contributed by atoms with Gasteiger partial charge in [0.1, 0.15) is 66.9 Å². The van der Waals surface area contributed by atoms with E-state index >= 15 is 45.5 Å². The minimum absolute atomic E-state index is 0.0226. The third kappa shape index (κ3) is 17.4. The van der Waals surface area contributed by atoms with Crippen LogP contribution in [0.2, 0.25) is 45.2 Å². The Balaban J connectivity index is 0.771. The molecular formula is C99H83Cl9F6N18O9. The van der Waals surface area contributed by atoms with Gasteiger partial charge in [-0.15, -0.1) is 0 Å². The number of phenols is 3. The number of aryl methyl sites for hydroxylation is 3. The average molecular weight is 2100 g/mol. The zero-order valence-corrected chi connectivity index (χ0v) is 84.4. The van der Waals surface area contributed by atoms with Gasteiger partial charge in [-0.2, -0.15) is 15.8 Å². The highest BCUT2D eigenvalue weighted by Gasteiger charge is 2.43. The summed E-state index contributed by atoms with van der Waals surface area (Å²) in [5.74, 6) is -15.8. The van der Waals surface area contributed by atoms with Crippen molar-refractivity contribution in [3.63, 3.8) is 0 Å². The predicted octanol–water partition coefficient (Wildman–Crippen LogP) is 21.6. The number of pyridine rings is 9. The summed E-state index contributed by atoms with van der Waals surface area (Å²) < 4.78 is 99.9. The molecule has 3 aliphatic rings. The molecule has 3 fully saturated rings. The van der Waals surface area contributed by atoms with Crippen molar-refractivity contribution in [1.29, 1.82) is 15.8 Å². The number of nitrogens with zero attached hydrogens (tertiary/aromatic N) is 18. The summed E-state index contributed by atoms with van der Waals surface area (Å²) in [6, 6.07) is 10.8. The van der Waals surface area contributed by atoms with Crippen LogP contribution in [-0.4, -0.2) is 167 Å². The van der Waals surface area contributed by atoms with E-state index < -0.39 is 209 Å². The molecule has 141 heavy (non-hydrogen) atoms. The Morgan fingerprint density at radius 1 is 0.404 bits per heavy atom. The summed E-state index contributed by atoms with van der Waals surface area (Å²) in [7, 11) is 0. The molecule has 3 aromatic carbocycles. The monoisotopic (exact) mass is 2100 g/mol. The summed E-state index contributed by atoms with van der Waals surface area (Å²) in [4.78, 5) is 129. The van der Waals surface area contributed by atoms with Crippen LogP contribution < -0.4 is 31.4 Å². The molecule has 42 heteroatoms. The summed E-state index contributed by atoms with van der Waals surface area (Å²) >= 11 is 58.5. The Hall–Kier alpha value is -12.7. The van der Waals surface area contributed by atoms with Gasteiger partial charge in [-0.05, 0) is 151 Å². The number of phenolic OH excluding ortho intramolecular Hbond substituents is 3. The number of fused-ring (bicyclic) bond motifs is 3. The molecular weight excluding hydrogens is 2020 g/mol. The fourth-order valence-electron chi connectivity index (χ4n) is 19.4. The topological polar surface area (TPSA) is 346 Å². The van der Waals surface area contributed by atoms with Gasteiger partial charge >= 0.3 is 0 Å². The van der Waals surface area contributed by atoms with Gasteiger partial charge in [-0.3, -0.25) is 57.4 Å². The Morgan fingerprint density at radius 2 is 0.674 bits per heavy atom. The lowest BCUT2D eigenvalue weighted by atomic mass is 10.00. The Kier molecular flexibility index (Phi) is 28.6. The van der Waals surface area contributed by atoms with E-state index in [0.29, 0.717) is 16.8 Å². The highest BCUT2D eigenvalue weighted by atomic mass is 35.5. The van der Waals surface area contributed by atoms with Crippen LogP contribution in [0, 0.1) is 89.7 Å². The Labute approximate surface area is 847 Å². The van der Waals surface area contributed by atoms with Crippen LogP contribution in [0.15, 0.2) is 81.8 Å². The molecule has 6 atom stereocenters. The second kappa shape index (κ2) is 39.3. The molecule has 3 amide bonds. The normalized spacial score (nSPS) is 17.0. The third-order valence-electron chi connectivity index (χ3n) is 25.4. The molecule has 0 bridgehead atoms. The number of aromatic hydroxyl groups is 3. The van der Waals surface area contributed by atoms with E-state index in [0.717, 1.165) is 13.7 Å². The number of piperazine rings is 3. The summed E-state index contributed by atoms with van der Waals surface area (Å²) in [5, 5.41) is 59.2. The van der Waals surface area contributed by atoms with Gasteiger partial charge in [-0.1, -0.05) is 153 Å². The lowest BCUT2D eigenvalue weighted by Gasteiger charge is -2.45. The molecule has 9 aromatic heterocycles. The van der Waals surface area contributed by atoms with Gasteiger partial charge in [-0.25, -0.2) is 41.3 Å². The number of halogens is 15. The van der Waals surface area contributed by atoms with E-state index in [1.165, 1.54) is 54.8 Å². The molecule has 12 heterocycles. The number of aromatic nitrogens is 9. The molecule has 3 aliphatic heterocycles. The maximum atomic E-state index is 16.7. The lowest BCUT2D eigenvalue weighted by molar-refractivity contribution is -0.131. The molecule has 0 unspecified atom stereocenters. The number of benzene rings is 3. The zero-order chi connectivity index (χ0) is 103. The van der Waals surface area contributed by atoms with E-state index in [9.17, 15) is 40.7 Å². The molecule has 27 nitrogen and oxygen atoms in total. The van der Waals surface area contributed by atoms with Gasteiger partial charge in [0, 0.05) is 110 Å². The molecule has 0 radical (unpaired) electrons. The van der Waals surface area contributed by atoms with E-state index in [2.05, 4.69) is 29.8 Å². The highest BCUT2D eigenvalue weighted by Crippen LogP contribution is 2.52. The molecule has 12 aromatic rings. The van der Waals surface area contributed by atoms with Crippen molar-refractivity contribution in [1.82, 2.24) is 58.3 Å². The molecule has 3 saturated heterocycles. The minimum Gasteiger partial charge on any atom is -0.504 e. The van der Waals surface area contributed by atoms with E-state index in [1.54, 1.807) is 138 Å². The van der Waals surface area contributed by atoms with Crippen molar-refractivity contribution in [3.05, 3.63) is 240 Å². The maximum absolute atomic E-state index is 16.7. The van der Waals surface area contributed by atoms with Crippen molar-refractivity contribution in [2.45, 2.75) is 158 Å². The standard InChI is InChI=1S/C99H83Cl9F6N18O9/c1-17-61(133)127-44(11)32-124(33-45(127)12)89-53-27-59(101)83(65-68(104)77(113)71(107)92(137)74(65)110)122-95(53)131(98(140)56(89)30-116)86-42(9)24-50(119-80(86)39(4)5)19-21-63(135)129-48(15)36-126(37-49(129)16)90-54-28-60(102)84(66-69(105)78(114)72(108)93(138)75(66)111)123-96(54)132(99(141)57(90)31-117)87-43(10)25-51(120-81(87)40(6)7)18-20-62(134)128-46(13)34-125(35-47(128)14)88-52-26-58(100)82(64-67(103)76(112)70(106)91(136)73(64)109)121-94(52)130(97(139)55(88)29-115)85-41(8)22-23-118-79(85)38(2)3/h17-28,38-40,44-49,136-138H,1,32-37H2,2-16H3/b20-18-,21-19-/t44-,45+,46-,47+,48-,49+. The predicted molar refractivity (Wildman–Crippen MR) is 534 cm³/mol. The first-order valence-corrected chi connectivity index (χ1v) is 47.3. The molecule has 15 rings (SSSR count). The number of anilines is 3. The first kappa shape index (κ1) is 103. The van der Waals surface area contributed by atoms with Gasteiger partial charge in [0.25, 0.3) is 16.7 Å². The van der Waals surface area contributed by atoms with Gasteiger partial charge in [0.2, 0.25) is 17.7 Å². The fourth-order valence-corrected chi connectivity index (χ4v) is 21.6. The van der Waals surface area contributed by atoms with Crippen LogP contribution in [0.1, 0.15) is 163 Å². The third-order valence-corrected chi connectivity index (χ3v) is 28.3. The van der Waals surface area contributed by atoms with Crippen LogP contribution >= 0.6 is 104 Å². The second-order valence-corrected chi connectivity index (χ2v) is 39.4. The molecule has 0 aliphatic carbocycles. The van der Waals surface area contributed by atoms with E-state index in [1.807, 2.05) is 13.8 Å². The quantitative estimate of drug-likeness (QED) is 0.0330. The number of rotatable bonds is 17. The van der Waals surface area contributed by atoms with E-state index in [-0.39, 0.29) is 162 Å². The summed E-state index contributed by atoms with van der Waals surface area (Å²) in [6.45, 7) is 29.5. The highest BCUT2D eigenvalue weighted by molar-refractivity contribution is 6.41. The first-order chi connectivity index (χ1) is 66.5. The van der Waals surface area contributed by atoms with Gasteiger partial charge in [0.15, 0.2) is 52.2 Å². The van der Waals surface area contributed by atoms with Crippen LogP contribution in [-0.2, 0) is 14.4 Å².